The van der Waals surface area contributed by atoms with Gasteiger partial charge in [-0.1, -0.05) is 28.9 Å². The van der Waals surface area contributed by atoms with Crippen LogP contribution < -0.4 is 5.32 Å². The van der Waals surface area contributed by atoms with Gasteiger partial charge in [0, 0.05) is 29.7 Å². The molecule has 8 nitrogen and oxygen atoms in total. The summed E-state index contributed by atoms with van der Waals surface area (Å²) in [4.78, 5) is 31.1. The van der Waals surface area contributed by atoms with Crippen molar-refractivity contribution in [3.05, 3.63) is 64.0 Å². The van der Waals surface area contributed by atoms with Crippen molar-refractivity contribution >= 4 is 45.2 Å². The smallest absolute Gasteiger partial charge is 0.276 e. The van der Waals surface area contributed by atoms with Gasteiger partial charge in [0.25, 0.3) is 5.91 Å². The van der Waals surface area contributed by atoms with Crippen LogP contribution in [0.4, 0.5) is 5.82 Å². The van der Waals surface area contributed by atoms with Gasteiger partial charge in [-0.25, -0.2) is 9.67 Å². The van der Waals surface area contributed by atoms with E-state index in [0.29, 0.717) is 42.5 Å². The first kappa shape index (κ1) is 20.5. The Hall–Kier alpha value is -2.78. The van der Waals surface area contributed by atoms with E-state index in [-0.39, 0.29) is 23.4 Å². The van der Waals surface area contributed by atoms with E-state index in [9.17, 15) is 9.59 Å². The monoisotopic (exact) mass is 488 g/mol. The van der Waals surface area contributed by atoms with Gasteiger partial charge in [0.15, 0.2) is 5.69 Å². The zero-order valence-electron chi connectivity index (χ0n) is 15.8. The van der Waals surface area contributed by atoms with Crippen molar-refractivity contribution < 1.29 is 9.59 Å². The number of amides is 2. The minimum Gasteiger partial charge on any atom is -0.337 e. The molecule has 3 aromatic rings. The average Bonchev–Trinajstić information content (AvgIpc) is 3.25. The molecule has 0 aliphatic carbocycles. The average molecular weight is 490 g/mol. The van der Waals surface area contributed by atoms with Crippen LogP contribution in [0.15, 0.2) is 53.3 Å². The summed E-state index contributed by atoms with van der Waals surface area (Å²) in [5.74, 6) is 0.0551. The minimum absolute atomic E-state index is 0.0819. The zero-order chi connectivity index (χ0) is 21.1. The van der Waals surface area contributed by atoms with Crippen LogP contribution >= 0.6 is 27.5 Å². The third-order valence-corrected chi connectivity index (χ3v) is 5.73. The van der Waals surface area contributed by atoms with Gasteiger partial charge in [0.1, 0.15) is 5.82 Å². The van der Waals surface area contributed by atoms with Crippen LogP contribution in [-0.4, -0.2) is 49.8 Å². The molecule has 0 unspecified atom stereocenters. The number of carbonyl (C=O) groups is 2. The molecule has 0 saturated carbocycles. The number of nitrogens with one attached hydrogen (secondary N) is 1. The minimum atomic E-state index is -0.207. The van der Waals surface area contributed by atoms with Crippen molar-refractivity contribution in [3.8, 4) is 5.69 Å². The van der Waals surface area contributed by atoms with Gasteiger partial charge in [-0.05, 0) is 53.0 Å². The third-order valence-electron chi connectivity index (χ3n) is 4.94. The number of rotatable bonds is 4. The standard InChI is InChI=1S/C20H18BrClN6O2/c21-14-5-6-18(23-11-14)24-19(29)13-7-9-27(10-8-13)20(30)16-12-28(26-25-16)17-4-2-1-3-15(17)22/h1-6,11-13H,7-10H2,(H,23,24,29). The number of benzene rings is 1. The zero-order valence-corrected chi connectivity index (χ0v) is 18.2. The second-order valence-electron chi connectivity index (χ2n) is 6.92. The number of carbonyl (C=O) groups excluding carboxylic acids is 2. The highest BCUT2D eigenvalue weighted by atomic mass is 79.9. The summed E-state index contributed by atoms with van der Waals surface area (Å²) in [7, 11) is 0. The van der Waals surface area contributed by atoms with E-state index in [1.165, 1.54) is 4.68 Å². The van der Waals surface area contributed by atoms with Crippen LogP contribution in [0.5, 0.6) is 0 Å². The molecule has 1 saturated heterocycles. The number of hydrogen-bond acceptors (Lipinski definition) is 5. The summed E-state index contributed by atoms with van der Waals surface area (Å²) in [6.07, 6.45) is 4.35. The van der Waals surface area contributed by atoms with Crippen molar-refractivity contribution in [1.29, 1.82) is 0 Å². The summed E-state index contributed by atoms with van der Waals surface area (Å²) < 4.78 is 2.33. The Kier molecular flexibility index (Phi) is 6.10. The SMILES string of the molecule is O=C(Nc1ccc(Br)cn1)C1CCN(C(=O)c2cn(-c3ccccc3Cl)nn2)CC1. The molecule has 1 fully saturated rings. The van der Waals surface area contributed by atoms with Crippen LogP contribution in [0.1, 0.15) is 23.3 Å². The fourth-order valence-electron chi connectivity index (χ4n) is 3.30. The number of piperidine rings is 1. The third kappa shape index (κ3) is 4.52. The number of anilines is 1. The van der Waals surface area contributed by atoms with Gasteiger partial charge >= 0.3 is 0 Å². The predicted octanol–water partition coefficient (Wildman–Crippen LogP) is 3.57. The molecule has 1 aliphatic rings. The van der Waals surface area contributed by atoms with Crippen molar-refractivity contribution in [2.45, 2.75) is 12.8 Å². The quantitative estimate of drug-likeness (QED) is 0.605. The lowest BCUT2D eigenvalue weighted by atomic mass is 9.95. The van der Waals surface area contributed by atoms with Crippen molar-refractivity contribution in [2.24, 2.45) is 5.92 Å². The molecule has 4 rings (SSSR count). The highest BCUT2D eigenvalue weighted by Crippen LogP contribution is 2.22. The lowest BCUT2D eigenvalue weighted by molar-refractivity contribution is -0.121. The van der Waals surface area contributed by atoms with Gasteiger partial charge in [0.05, 0.1) is 16.9 Å². The van der Waals surface area contributed by atoms with Crippen LogP contribution in [-0.2, 0) is 4.79 Å². The molecule has 2 aromatic heterocycles. The van der Waals surface area contributed by atoms with E-state index in [1.54, 1.807) is 35.5 Å². The number of halogens is 2. The molecule has 0 spiro atoms. The molecule has 0 bridgehead atoms. The van der Waals surface area contributed by atoms with E-state index in [0.717, 1.165) is 4.47 Å². The number of nitrogens with zero attached hydrogens (tertiary/aromatic N) is 5. The summed E-state index contributed by atoms with van der Waals surface area (Å²) in [5.41, 5.74) is 0.902. The van der Waals surface area contributed by atoms with Gasteiger partial charge in [-0.15, -0.1) is 5.10 Å². The molecule has 0 atom stereocenters. The van der Waals surface area contributed by atoms with Gasteiger partial charge in [-0.2, -0.15) is 0 Å². The van der Waals surface area contributed by atoms with Crippen molar-refractivity contribution in [1.82, 2.24) is 24.9 Å². The Morgan fingerprint density at radius 2 is 1.90 bits per heavy atom. The molecule has 0 radical (unpaired) electrons. The van der Waals surface area contributed by atoms with E-state index < -0.39 is 0 Å². The molecule has 1 aromatic carbocycles. The predicted molar refractivity (Wildman–Crippen MR) is 116 cm³/mol. The maximum atomic E-state index is 12.8. The summed E-state index contributed by atoms with van der Waals surface area (Å²) in [5, 5.41) is 11.4. The van der Waals surface area contributed by atoms with E-state index in [1.807, 2.05) is 18.2 Å². The number of hydrogen-bond donors (Lipinski definition) is 1. The number of likely N-dealkylation sites (tertiary alicyclic amines) is 1. The van der Waals surface area contributed by atoms with E-state index in [4.69, 9.17) is 11.6 Å². The summed E-state index contributed by atoms with van der Waals surface area (Å²) >= 11 is 9.49. The van der Waals surface area contributed by atoms with Crippen molar-refractivity contribution in [2.75, 3.05) is 18.4 Å². The Morgan fingerprint density at radius 1 is 1.13 bits per heavy atom. The first-order chi connectivity index (χ1) is 14.5. The maximum Gasteiger partial charge on any atom is 0.276 e. The highest BCUT2D eigenvalue weighted by molar-refractivity contribution is 9.10. The normalized spacial score (nSPS) is 14.5. The number of aromatic nitrogens is 4. The summed E-state index contributed by atoms with van der Waals surface area (Å²) in [6, 6.07) is 10.8. The van der Waals surface area contributed by atoms with Crippen LogP contribution in [0.25, 0.3) is 5.69 Å². The van der Waals surface area contributed by atoms with Crippen molar-refractivity contribution in [3.63, 3.8) is 0 Å². The molecule has 1 aliphatic heterocycles. The first-order valence-electron chi connectivity index (χ1n) is 9.40. The highest BCUT2D eigenvalue weighted by Gasteiger charge is 2.29. The molecule has 10 heteroatoms. The van der Waals surface area contributed by atoms with Crippen LogP contribution in [0.2, 0.25) is 5.02 Å². The number of pyridine rings is 1. The fraction of sp³-hybridized carbons (Fsp3) is 0.250. The molecule has 1 N–H and O–H groups in total. The van der Waals surface area contributed by atoms with E-state index >= 15 is 0 Å². The van der Waals surface area contributed by atoms with Crippen LogP contribution in [0.3, 0.4) is 0 Å². The van der Waals surface area contributed by atoms with E-state index in [2.05, 4.69) is 36.5 Å². The summed E-state index contributed by atoms with van der Waals surface area (Å²) in [6.45, 7) is 0.952. The van der Waals surface area contributed by atoms with Gasteiger partial charge in [0.2, 0.25) is 5.91 Å². The Labute approximate surface area is 186 Å². The molecular formula is C20H18BrClN6O2. The lowest BCUT2D eigenvalue weighted by Gasteiger charge is -2.30. The Bertz CT molecular complexity index is 1060. The molecular weight excluding hydrogens is 472 g/mol. The van der Waals surface area contributed by atoms with Crippen LogP contribution in [0, 0.1) is 5.92 Å². The molecule has 3 heterocycles. The topological polar surface area (TPSA) is 93.0 Å². The lowest BCUT2D eigenvalue weighted by Crippen LogP contribution is -2.41. The largest absolute Gasteiger partial charge is 0.337 e. The molecule has 154 valence electrons. The Balaban J connectivity index is 1.35. The molecule has 2 amide bonds. The maximum absolute atomic E-state index is 12.8. The first-order valence-corrected chi connectivity index (χ1v) is 10.6. The molecule has 30 heavy (non-hydrogen) atoms. The second-order valence-corrected chi connectivity index (χ2v) is 8.24. The Morgan fingerprint density at radius 3 is 2.60 bits per heavy atom. The van der Waals surface area contributed by atoms with Gasteiger partial charge < -0.3 is 10.2 Å². The fourth-order valence-corrected chi connectivity index (χ4v) is 3.76. The number of para-hydroxylation sites is 1. The van der Waals surface area contributed by atoms with Gasteiger partial charge in [-0.3, -0.25) is 9.59 Å². The second kappa shape index (κ2) is 8.93.